The van der Waals surface area contributed by atoms with Crippen molar-refractivity contribution in [3.63, 3.8) is 0 Å². The summed E-state index contributed by atoms with van der Waals surface area (Å²) in [7, 11) is 0. The first kappa shape index (κ1) is 31.2. The average molecular weight is 714 g/mol. The summed E-state index contributed by atoms with van der Waals surface area (Å²) in [6.07, 6.45) is 4.59. The first-order valence-corrected chi connectivity index (χ1v) is 13.6. The molecular weight excluding hydrogens is 675 g/mol. The molecule has 0 spiro atoms. The van der Waals surface area contributed by atoms with Crippen LogP contribution in [0, 0.1) is 5.92 Å². The van der Waals surface area contributed by atoms with Gasteiger partial charge in [-0.05, 0) is 70.7 Å². The maximum atomic E-state index is 4.85. The van der Waals surface area contributed by atoms with Gasteiger partial charge < -0.3 is 20.4 Å². The molecule has 0 unspecified atom stereocenters. The van der Waals surface area contributed by atoms with Crippen molar-refractivity contribution < 1.29 is 21.1 Å². The van der Waals surface area contributed by atoms with Crippen LogP contribution in [0.2, 0.25) is 0 Å². The van der Waals surface area contributed by atoms with Crippen molar-refractivity contribution in [2.75, 3.05) is 0 Å². The fourth-order valence-corrected chi connectivity index (χ4v) is 4.42. The molecule has 4 aromatic heterocycles. The van der Waals surface area contributed by atoms with Crippen LogP contribution in [-0.2, 0) is 32.9 Å². The molecule has 6 nitrogen and oxygen atoms in total. The van der Waals surface area contributed by atoms with Gasteiger partial charge in [0.05, 0.1) is 11.4 Å². The number of aromatic nitrogens is 6. The molecule has 1 aromatic carbocycles. The summed E-state index contributed by atoms with van der Waals surface area (Å²) in [6, 6.07) is 22.1. The third-order valence-corrected chi connectivity index (χ3v) is 6.42. The Hall–Kier alpha value is -3.37. The van der Waals surface area contributed by atoms with Crippen LogP contribution in [0.1, 0.15) is 71.2 Å². The first-order chi connectivity index (χ1) is 18.6. The fourth-order valence-electron chi connectivity index (χ4n) is 4.42. The Kier molecular flexibility index (Phi) is 10.8. The van der Waals surface area contributed by atoms with E-state index in [1.54, 1.807) is 0 Å². The zero-order chi connectivity index (χ0) is 28.0. The monoisotopic (exact) mass is 713 g/mol. The second-order valence-electron chi connectivity index (χ2n) is 11.5. The SMILES string of the molecule is CC(C)(C)c1ccncc1.CC(C)Cc1n[n-]c(-c2cccc(-c3cc(-c4ccccc4)n[n-]3)n2)c1C(C)C.[Pt+2]. The molecule has 0 atom stereocenters. The van der Waals surface area contributed by atoms with Gasteiger partial charge in [0.1, 0.15) is 0 Å². The number of hydrogen-bond acceptors (Lipinski definition) is 4. The molecule has 0 radical (unpaired) electrons. The molecule has 5 aromatic rings. The molecule has 0 aliphatic heterocycles. The molecule has 0 fully saturated rings. The number of hydrogen-bond donors (Lipinski definition) is 0. The second kappa shape index (κ2) is 13.8. The third-order valence-electron chi connectivity index (χ3n) is 6.42. The Balaban J connectivity index is 0.000000340. The van der Waals surface area contributed by atoms with E-state index < -0.39 is 0 Å². The molecule has 5 rings (SSSR count). The van der Waals surface area contributed by atoms with Crippen molar-refractivity contribution in [1.29, 1.82) is 0 Å². The second-order valence-corrected chi connectivity index (χ2v) is 11.5. The summed E-state index contributed by atoms with van der Waals surface area (Å²) in [4.78, 5) is 8.81. The summed E-state index contributed by atoms with van der Waals surface area (Å²) < 4.78 is 0. The van der Waals surface area contributed by atoms with Gasteiger partial charge in [-0.2, -0.15) is 0 Å². The minimum absolute atomic E-state index is 0. The van der Waals surface area contributed by atoms with Gasteiger partial charge in [0.15, 0.2) is 0 Å². The molecule has 0 saturated carbocycles. The largest absolute Gasteiger partial charge is 2.00 e. The first-order valence-electron chi connectivity index (χ1n) is 13.6. The van der Waals surface area contributed by atoms with Gasteiger partial charge in [-0.1, -0.05) is 96.3 Å². The van der Waals surface area contributed by atoms with Crippen LogP contribution in [0.3, 0.4) is 0 Å². The molecule has 0 aliphatic rings. The molecule has 0 aliphatic carbocycles. The van der Waals surface area contributed by atoms with Gasteiger partial charge in [-0.25, -0.2) is 0 Å². The van der Waals surface area contributed by atoms with E-state index in [1.807, 2.05) is 67.0 Å². The van der Waals surface area contributed by atoms with E-state index in [0.29, 0.717) is 11.8 Å². The van der Waals surface area contributed by atoms with Crippen molar-refractivity contribution in [1.82, 2.24) is 30.4 Å². The van der Waals surface area contributed by atoms with Crippen molar-refractivity contribution in [3.8, 4) is 34.0 Å². The summed E-state index contributed by atoms with van der Waals surface area (Å²) in [5.41, 5.74) is 9.02. The van der Waals surface area contributed by atoms with Crippen molar-refractivity contribution in [3.05, 3.63) is 95.9 Å². The summed E-state index contributed by atoms with van der Waals surface area (Å²) in [5.74, 6) is 0.870. The molecule has 0 N–H and O–H groups in total. The summed E-state index contributed by atoms with van der Waals surface area (Å²) in [5, 5.41) is 17.7. The number of rotatable bonds is 6. The topological polar surface area (TPSA) is 79.8 Å². The van der Waals surface area contributed by atoms with Crippen LogP contribution < -0.4 is 10.2 Å². The van der Waals surface area contributed by atoms with Crippen LogP contribution in [0.4, 0.5) is 0 Å². The van der Waals surface area contributed by atoms with Crippen molar-refractivity contribution in [2.24, 2.45) is 5.92 Å². The zero-order valence-corrected chi connectivity index (χ0v) is 26.6. The fraction of sp³-hybridized carbons (Fsp3) is 0.333. The quantitative estimate of drug-likeness (QED) is 0.182. The smallest absolute Gasteiger partial charge is 0.573 e. The summed E-state index contributed by atoms with van der Waals surface area (Å²) >= 11 is 0. The normalized spacial score (nSPS) is 11.2. The number of nitrogens with zero attached hydrogens (tertiary/aromatic N) is 6. The van der Waals surface area contributed by atoms with Gasteiger partial charge in [-0.3, -0.25) is 9.97 Å². The molecule has 0 bridgehead atoms. The van der Waals surface area contributed by atoms with Gasteiger partial charge in [-0.15, -0.1) is 0 Å². The minimum atomic E-state index is 0. The van der Waals surface area contributed by atoms with Crippen molar-refractivity contribution in [2.45, 2.75) is 66.2 Å². The molecular formula is C33H38N6Pt. The van der Waals surface area contributed by atoms with Gasteiger partial charge in [0, 0.05) is 23.8 Å². The Morgan fingerprint density at radius 3 is 2.02 bits per heavy atom. The Labute approximate surface area is 252 Å². The maximum Gasteiger partial charge on any atom is 2.00 e. The van der Waals surface area contributed by atoms with Crippen LogP contribution in [0.25, 0.3) is 34.0 Å². The maximum absolute atomic E-state index is 4.85. The van der Waals surface area contributed by atoms with E-state index in [9.17, 15) is 0 Å². The Bertz CT molecular complexity index is 1460. The van der Waals surface area contributed by atoms with E-state index in [-0.39, 0.29) is 26.5 Å². The van der Waals surface area contributed by atoms with Crippen LogP contribution in [-0.4, -0.2) is 20.2 Å². The van der Waals surface area contributed by atoms with E-state index in [4.69, 9.17) is 4.98 Å². The number of pyridine rings is 2. The third kappa shape index (κ3) is 7.85. The minimum Gasteiger partial charge on any atom is -0.573 e. The van der Waals surface area contributed by atoms with Gasteiger partial charge in [0.25, 0.3) is 0 Å². The molecule has 210 valence electrons. The predicted molar refractivity (Wildman–Crippen MR) is 158 cm³/mol. The van der Waals surface area contributed by atoms with Crippen LogP contribution in [0.5, 0.6) is 0 Å². The van der Waals surface area contributed by atoms with E-state index in [0.717, 1.165) is 46.1 Å². The predicted octanol–water partition coefficient (Wildman–Crippen LogP) is 7.49. The van der Waals surface area contributed by atoms with Crippen LogP contribution >= 0.6 is 0 Å². The van der Waals surface area contributed by atoms with E-state index in [2.05, 4.69) is 86.0 Å². The Morgan fingerprint density at radius 1 is 0.750 bits per heavy atom. The molecule has 0 amide bonds. The average Bonchev–Trinajstić information content (AvgIpc) is 3.57. The van der Waals surface area contributed by atoms with Crippen LogP contribution in [0.15, 0.2) is 79.1 Å². The molecule has 4 heterocycles. The molecule has 0 saturated heterocycles. The van der Waals surface area contributed by atoms with Crippen molar-refractivity contribution >= 4 is 0 Å². The van der Waals surface area contributed by atoms with E-state index >= 15 is 0 Å². The molecule has 40 heavy (non-hydrogen) atoms. The van der Waals surface area contributed by atoms with Gasteiger partial charge in [0.2, 0.25) is 0 Å². The van der Waals surface area contributed by atoms with Gasteiger partial charge >= 0.3 is 21.1 Å². The molecule has 7 heteroatoms. The number of benzene rings is 1. The Morgan fingerprint density at radius 2 is 1.43 bits per heavy atom. The summed E-state index contributed by atoms with van der Waals surface area (Å²) in [6.45, 7) is 15.4. The van der Waals surface area contributed by atoms with E-state index in [1.165, 1.54) is 11.1 Å². The zero-order valence-electron chi connectivity index (χ0n) is 24.4. The standard InChI is InChI=1S/C24H25N5.C9H13N.Pt/c1-15(2)13-22-23(16(3)4)24(29-28-22)19-12-8-11-18(25-19)21-14-20(26-27-21)17-9-6-5-7-10-17;1-9(2,3)8-4-6-10-7-5-8;/h5-12,14-16H,13H2,1-4H3;4-7H,1-3H3;/q-2;;+2.